The first-order valence-electron chi connectivity index (χ1n) is 14.3. The molecule has 8 heteroatoms. The molecule has 0 saturated carbocycles. The minimum atomic E-state index is -0.506. The van der Waals surface area contributed by atoms with E-state index >= 15 is 0 Å². The molecule has 2 aliphatic heterocycles. The highest BCUT2D eigenvalue weighted by atomic mass is 16.5. The Hall–Kier alpha value is -3.72. The zero-order chi connectivity index (χ0) is 27.5. The molecule has 40 heavy (non-hydrogen) atoms. The van der Waals surface area contributed by atoms with E-state index in [-0.39, 0.29) is 0 Å². The van der Waals surface area contributed by atoms with Gasteiger partial charge in [0, 0.05) is 68.3 Å². The number of piperazine rings is 1. The van der Waals surface area contributed by atoms with Crippen LogP contribution in [0.25, 0.3) is 11.0 Å². The third kappa shape index (κ3) is 5.75. The number of likely N-dealkylation sites (N-methyl/N-ethyl adjacent to an activating group) is 1. The van der Waals surface area contributed by atoms with Crippen LogP contribution in [-0.2, 0) is 13.1 Å². The molecule has 2 fully saturated rings. The summed E-state index contributed by atoms with van der Waals surface area (Å²) >= 11 is 0. The van der Waals surface area contributed by atoms with Gasteiger partial charge in [-0.2, -0.15) is 0 Å². The van der Waals surface area contributed by atoms with E-state index in [0.29, 0.717) is 18.0 Å². The molecule has 2 aliphatic rings. The van der Waals surface area contributed by atoms with E-state index in [4.69, 9.17) is 10.2 Å². The summed E-state index contributed by atoms with van der Waals surface area (Å²) in [5.74, 6) is 0.0306. The lowest BCUT2D eigenvalue weighted by atomic mass is 9.90. The van der Waals surface area contributed by atoms with Crippen LogP contribution in [0.15, 0.2) is 73.1 Å². The van der Waals surface area contributed by atoms with Crippen LogP contribution >= 0.6 is 0 Å². The normalized spacial score (nSPS) is 17.4. The molecule has 4 heterocycles. The maximum Gasteiger partial charge on any atom is 0.274 e. The lowest BCUT2D eigenvalue weighted by Gasteiger charge is -2.37. The zero-order valence-corrected chi connectivity index (χ0v) is 23.2. The van der Waals surface area contributed by atoms with Crippen LogP contribution in [0.3, 0.4) is 0 Å². The van der Waals surface area contributed by atoms with E-state index in [1.807, 2.05) is 12.1 Å². The minimum absolute atomic E-state index is 0.427. The Balaban J connectivity index is 1.07. The Bertz CT molecular complexity index is 1450. The van der Waals surface area contributed by atoms with Crippen LogP contribution in [0.5, 0.6) is 0 Å². The predicted molar refractivity (Wildman–Crippen MR) is 158 cm³/mol. The number of piperidine rings is 1. The number of benzene rings is 2. The van der Waals surface area contributed by atoms with E-state index in [1.54, 1.807) is 17.6 Å². The number of carbonyl (C=O) groups excluding carboxylic acids is 1. The van der Waals surface area contributed by atoms with Crippen LogP contribution in [0.2, 0.25) is 0 Å². The number of hydrogen-bond acceptors (Lipinski definition) is 6. The largest absolute Gasteiger partial charge is 0.369 e. The highest BCUT2D eigenvalue weighted by Gasteiger charge is 2.23. The smallest absolute Gasteiger partial charge is 0.274 e. The van der Waals surface area contributed by atoms with Gasteiger partial charge in [0.15, 0.2) is 0 Å². The number of para-hydroxylation sites is 1. The van der Waals surface area contributed by atoms with Gasteiger partial charge in [0.1, 0.15) is 5.65 Å². The quantitative estimate of drug-likeness (QED) is 0.269. The van der Waals surface area contributed by atoms with Gasteiger partial charge in [-0.3, -0.25) is 14.9 Å². The number of fused-ring (bicyclic) bond motifs is 1. The number of rotatable bonds is 7. The summed E-state index contributed by atoms with van der Waals surface area (Å²) < 4.78 is 2.14. The van der Waals surface area contributed by atoms with Crippen molar-refractivity contribution in [3.8, 4) is 0 Å². The molecular formula is C32H38N6O2. The molecule has 8 nitrogen and oxygen atoms in total. The molecule has 2 N–H and O–H groups in total. The molecule has 2 aromatic carbocycles. The second-order valence-electron chi connectivity index (χ2n) is 11.2. The lowest BCUT2D eigenvalue weighted by molar-refractivity contribution is 0.0706. The standard InChI is InChI=1S/C32H38N6O2/c1-35-16-18-37(19-17-35)30-5-3-2-4-28(30)23-36-13-10-25(11-14-36)29-20-27-12-15-38(31(27)33-21-29)22-24-6-8-26(9-7-24)32(39)34-40/h2-9,12,15,20-21,25,40H,10-11,13-14,16-19,22-23H2,1H3,(H,34,39). The van der Waals surface area contributed by atoms with Crippen LogP contribution in [0.4, 0.5) is 5.69 Å². The Labute approximate surface area is 235 Å². The molecule has 0 radical (unpaired) electrons. The summed E-state index contributed by atoms with van der Waals surface area (Å²) in [4.78, 5) is 24.0. The first kappa shape index (κ1) is 26.5. The van der Waals surface area contributed by atoms with E-state index in [2.05, 4.69) is 75.1 Å². The van der Waals surface area contributed by atoms with Gasteiger partial charge in [-0.25, -0.2) is 10.5 Å². The van der Waals surface area contributed by atoms with Gasteiger partial charge in [-0.15, -0.1) is 0 Å². The van der Waals surface area contributed by atoms with Crippen LogP contribution in [0, 0.1) is 0 Å². The number of nitrogens with zero attached hydrogens (tertiary/aromatic N) is 5. The summed E-state index contributed by atoms with van der Waals surface area (Å²) in [7, 11) is 2.21. The molecule has 0 bridgehead atoms. The molecular weight excluding hydrogens is 500 g/mol. The molecule has 4 aromatic rings. The molecule has 2 aromatic heterocycles. The number of anilines is 1. The Morgan fingerprint density at radius 1 is 0.950 bits per heavy atom. The number of hydrogen-bond donors (Lipinski definition) is 2. The summed E-state index contributed by atoms with van der Waals surface area (Å²) in [6, 6.07) is 20.7. The van der Waals surface area contributed by atoms with Gasteiger partial charge >= 0.3 is 0 Å². The fourth-order valence-corrected chi connectivity index (χ4v) is 6.13. The molecule has 2 saturated heterocycles. The van der Waals surface area contributed by atoms with Gasteiger partial charge in [0.2, 0.25) is 0 Å². The first-order chi connectivity index (χ1) is 19.6. The average Bonchev–Trinajstić information content (AvgIpc) is 3.40. The molecule has 0 atom stereocenters. The summed E-state index contributed by atoms with van der Waals surface area (Å²) in [6.07, 6.45) is 6.45. The second kappa shape index (κ2) is 11.8. The second-order valence-corrected chi connectivity index (χ2v) is 11.2. The SMILES string of the molecule is CN1CCN(c2ccccc2CN2CCC(c3cnc4c(ccn4Cc4ccc(C(=O)NO)cc4)c3)CC2)CC1. The molecule has 1 amide bonds. The van der Waals surface area contributed by atoms with Crippen molar-refractivity contribution in [2.45, 2.75) is 31.8 Å². The molecule has 208 valence electrons. The van der Waals surface area contributed by atoms with Crippen molar-refractivity contribution in [3.05, 3.63) is 95.3 Å². The van der Waals surface area contributed by atoms with Gasteiger partial charge in [-0.1, -0.05) is 30.3 Å². The van der Waals surface area contributed by atoms with Crippen LogP contribution in [0.1, 0.15) is 45.8 Å². The fraction of sp³-hybridized carbons (Fsp3) is 0.375. The van der Waals surface area contributed by atoms with Crippen molar-refractivity contribution in [2.24, 2.45) is 0 Å². The number of nitrogens with one attached hydrogen (secondary N) is 1. The Morgan fingerprint density at radius 2 is 1.70 bits per heavy atom. The van der Waals surface area contributed by atoms with Gasteiger partial charge in [0.25, 0.3) is 5.91 Å². The third-order valence-corrected chi connectivity index (χ3v) is 8.58. The van der Waals surface area contributed by atoms with E-state index in [9.17, 15) is 4.79 Å². The maximum absolute atomic E-state index is 11.6. The molecule has 0 spiro atoms. The van der Waals surface area contributed by atoms with Crippen molar-refractivity contribution in [2.75, 3.05) is 51.2 Å². The zero-order valence-electron chi connectivity index (χ0n) is 23.2. The molecule has 0 unspecified atom stereocenters. The number of amides is 1. The first-order valence-corrected chi connectivity index (χ1v) is 14.3. The highest BCUT2D eigenvalue weighted by molar-refractivity contribution is 5.93. The van der Waals surface area contributed by atoms with Crippen molar-refractivity contribution >= 4 is 22.6 Å². The number of carbonyl (C=O) groups is 1. The van der Waals surface area contributed by atoms with E-state index in [1.165, 1.54) is 16.8 Å². The van der Waals surface area contributed by atoms with Crippen molar-refractivity contribution in [3.63, 3.8) is 0 Å². The van der Waals surface area contributed by atoms with Gasteiger partial charge in [-0.05, 0) is 85.9 Å². The highest BCUT2D eigenvalue weighted by Crippen LogP contribution is 2.31. The maximum atomic E-state index is 11.6. The van der Waals surface area contributed by atoms with E-state index < -0.39 is 5.91 Å². The number of likely N-dealkylation sites (tertiary alicyclic amines) is 1. The summed E-state index contributed by atoms with van der Waals surface area (Å²) in [5.41, 5.74) is 8.33. The molecule has 0 aliphatic carbocycles. The fourth-order valence-electron chi connectivity index (χ4n) is 6.13. The Morgan fingerprint density at radius 3 is 2.45 bits per heavy atom. The Kier molecular flexibility index (Phi) is 7.82. The van der Waals surface area contributed by atoms with Gasteiger partial charge < -0.3 is 14.4 Å². The van der Waals surface area contributed by atoms with Gasteiger partial charge in [0.05, 0.1) is 0 Å². The van der Waals surface area contributed by atoms with Crippen molar-refractivity contribution in [1.82, 2.24) is 24.8 Å². The lowest BCUT2D eigenvalue weighted by Crippen LogP contribution is -2.45. The van der Waals surface area contributed by atoms with Crippen LogP contribution in [-0.4, -0.2) is 76.8 Å². The van der Waals surface area contributed by atoms with Crippen molar-refractivity contribution < 1.29 is 10.0 Å². The molecule has 6 rings (SSSR count). The summed E-state index contributed by atoms with van der Waals surface area (Å²) in [5, 5.41) is 9.98. The minimum Gasteiger partial charge on any atom is -0.369 e. The van der Waals surface area contributed by atoms with E-state index in [0.717, 1.165) is 75.3 Å². The monoisotopic (exact) mass is 538 g/mol. The number of pyridine rings is 1. The van der Waals surface area contributed by atoms with Crippen molar-refractivity contribution in [1.29, 1.82) is 0 Å². The number of aromatic nitrogens is 2. The van der Waals surface area contributed by atoms with Crippen LogP contribution < -0.4 is 10.4 Å². The number of hydroxylamine groups is 1. The average molecular weight is 539 g/mol. The predicted octanol–water partition coefficient (Wildman–Crippen LogP) is 4.34. The summed E-state index contributed by atoms with van der Waals surface area (Å²) in [6.45, 7) is 8.34. The third-order valence-electron chi connectivity index (χ3n) is 8.58. The topological polar surface area (TPSA) is 76.9 Å².